The predicted octanol–water partition coefficient (Wildman–Crippen LogP) is 4.80. The number of benzene rings is 1. The van der Waals surface area contributed by atoms with Crippen LogP contribution in [0.2, 0.25) is 0 Å². The average Bonchev–Trinajstić information content (AvgIpc) is 2.35. The molecule has 0 heterocycles. The summed E-state index contributed by atoms with van der Waals surface area (Å²) in [7, 11) is 0. The molecule has 0 atom stereocenters. The van der Waals surface area contributed by atoms with Gasteiger partial charge in [0.15, 0.2) is 5.78 Å². The van der Waals surface area contributed by atoms with Crippen molar-refractivity contribution in [1.29, 1.82) is 0 Å². The van der Waals surface area contributed by atoms with Crippen LogP contribution < -0.4 is 0 Å². The van der Waals surface area contributed by atoms with Crippen LogP contribution in [0.1, 0.15) is 45.1 Å². The fourth-order valence-corrected chi connectivity index (χ4v) is 1.79. The number of hydrogen-bond donors (Lipinski definition) is 0. The number of carbonyl (C=O) groups excluding carboxylic acids is 1. The van der Waals surface area contributed by atoms with Gasteiger partial charge in [0.25, 0.3) is 0 Å². The maximum atomic E-state index is 11.9. The Morgan fingerprint density at radius 1 is 1.11 bits per heavy atom. The molecule has 1 rings (SSSR count). The van der Waals surface area contributed by atoms with Crippen LogP contribution in [-0.2, 0) is 4.79 Å². The highest BCUT2D eigenvalue weighted by Crippen LogP contribution is 2.12. The lowest BCUT2D eigenvalue weighted by atomic mass is 10.0. The van der Waals surface area contributed by atoms with E-state index >= 15 is 0 Å². The van der Waals surface area contributed by atoms with E-state index in [4.69, 9.17) is 0 Å². The van der Waals surface area contributed by atoms with E-state index in [1.165, 1.54) is 5.57 Å². The summed E-state index contributed by atoms with van der Waals surface area (Å²) >= 11 is 0. The normalized spacial score (nSPS) is 11.3. The molecule has 0 unspecified atom stereocenters. The molecule has 0 amide bonds. The van der Waals surface area contributed by atoms with Crippen LogP contribution in [0.15, 0.2) is 48.1 Å². The molecule has 96 valence electrons. The Morgan fingerprint density at radius 2 is 1.72 bits per heavy atom. The van der Waals surface area contributed by atoms with Crippen LogP contribution in [0, 0.1) is 0 Å². The summed E-state index contributed by atoms with van der Waals surface area (Å²) in [5.41, 5.74) is 3.13. The second-order valence-electron chi connectivity index (χ2n) is 4.83. The largest absolute Gasteiger partial charge is 0.295 e. The van der Waals surface area contributed by atoms with E-state index in [-0.39, 0.29) is 5.78 Å². The Balaban J connectivity index is 2.42. The minimum atomic E-state index is 0.251. The number of hydrogen-bond acceptors (Lipinski definition) is 1. The molecule has 1 heteroatoms. The van der Waals surface area contributed by atoms with Crippen LogP contribution in [0.4, 0.5) is 0 Å². The number of ketones is 1. The van der Waals surface area contributed by atoms with Gasteiger partial charge in [0.2, 0.25) is 0 Å². The summed E-state index contributed by atoms with van der Waals surface area (Å²) in [5, 5.41) is 0. The van der Waals surface area contributed by atoms with Gasteiger partial charge in [-0.1, -0.05) is 35.9 Å². The van der Waals surface area contributed by atoms with Crippen molar-refractivity contribution in [3.63, 3.8) is 0 Å². The first-order chi connectivity index (χ1) is 8.59. The molecule has 0 radical (unpaired) electrons. The second kappa shape index (κ2) is 7.65. The molecule has 1 aromatic rings. The first-order valence-electron chi connectivity index (χ1n) is 6.50. The fraction of sp³-hybridized carbons (Fsp3) is 0.353. The molecule has 0 saturated carbocycles. The maximum Gasteiger partial charge on any atom is 0.158 e. The first kappa shape index (κ1) is 14.4. The third kappa shape index (κ3) is 5.62. The number of rotatable bonds is 7. The standard InChI is InChI=1S/C17H22O/c1-14(2)9-7-8-12-17(18)15(3)13-16-10-5-4-6-11-16/h4-6,10-11,13H,1,7-9,12H2,2-3H3/b15-13+. The van der Waals surface area contributed by atoms with Crippen molar-refractivity contribution in [3.8, 4) is 0 Å². The summed E-state index contributed by atoms with van der Waals surface area (Å²) in [4.78, 5) is 11.9. The zero-order chi connectivity index (χ0) is 13.4. The molecule has 0 spiro atoms. The summed E-state index contributed by atoms with van der Waals surface area (Å²) in [5.74, 6) is 0.251. The van der Waals surface area contributed by atoms with Crippen molar-refractivity contribution >= 4 is 11.9 Å². The van der Waals surface area contributed by atoms with Crippen molar-refractivity contribution in [2.45, 2.75) is 39.5 Å². The average molecular weight is 242 g/mol. The van der Waals surface area contributed by atoms with Gasteiger partial charge in [-0.2, -0.15) is 0 Å². The highest BCUT2D eigenvalue weighted by Gasteiger charge is 2.04. The first-order valence-corrected chi connectivity index (χ1v) is 6.50. The molecule has 0 bridgehead atoms. The molecule has 0 N–H and O–H groups in total. The quantitative estimate of drug-likeness (QED) is 0.381. The van der Waals surface area contributed by atoms with Gasteiger partial charge < -0.3 is 0 Å². The maximum absolute atomic E-state index is 11.9. The van der Waals surface area contributed by atoms with E-state index in [0.29, 0.717) is 6.42 Å². The molecule has 1 nitrogen and oxygen atoms in total. The molecule has 18 heavy (non-hydrogen) atoms. The number of carbonyl (C=O) groups is 1. The van der Waals surface area contributed by atoms with Crippen LogP contribution in [0.25, 0.3) is 6.08 Å². The van der Waals surface area contributed by atoms with E-state index < -0.39 is 0 Å². The minimum absolute atomic E-state index is 0.251. The molecular weight excluding hydrogens is 220 g/mol. The van der Waals surface area contributed by atoms with Crippen molar-refractivity contribution in [1.82, 2.24) is 0 Å². The summed E-state index contributed by atoms with van der Waals surface area (Å²) < 4.78 is 0. The van der Waals surface area contributed by atoms with Crippen LogP contribution in [-0.4, -0.2) is 5.78 Å². The molecule has 1 aromatic carbocycles. The van der Waals surface area contributed by atoms with E-state index in [2.05, 4.69) is 6.58 Å². The van der Waals surface area contributed by atoms with Crippen LogP contribution in [0.5, 0.6) is 0 Å². The van der Waals surface area contributed by atoms with Gasteiger partial charge in [0.1, 0.15) is 0 Å². The molecule has 0 aliphatic heterocycles. The zero-order valence-corrected chi connectivity index (χ0v) is 11.4. The van der Waals surface area contributed by atoms with Gasteiger partial charge in [-0.25, -0.2) is 0 Å². The molecule has 0 fully saturated rings. The van der Waals surface area contributed by atoms with E-state index in [0.717, 1.165) is 30.4 Å². The zero-order valence-electron chi connectivity index (χ0n) is 11.4. The van der Waals surface area contributed by atoms with Gasteiger partial charge in [0.05, 0.1) is 0 Å². The third-order valence-electron chi connectivity index (χ3n) is 2.88. The SMILES string of the molecule is C=C(C)CCCCC(=O)/C(C)=C/c1ccccc1. The Bertz CT molecular complexity index is 426. The molecule has 0 aliphatic rings. The number of allylic oxidation sites excluding steroid dienone is 2. The Morgan fingerprint density at radius 3 is 2.33 bits per heavy atom. The number of unbranched alkanes of at least 4 members (excludes halogenated alkanes) is 1. The second-order valence-corrected chi connectivity index (χ2v) is 4.83. The van der Waals surface area contributed by atoms with Crippen molar-refractivity contribution in [2.75, 3.05) is 0 Å². The predicted molar refractivity (Wildman–Crippen MR) is 78.4 cm³/mol. The van der Waals surface area contributed by atoms with Gasteiger partial charge >= 0.3 is 0 Å². The van der Waals surface area contributed by atoms with Crippen LogP contribution in [0.3, 0.4) is 0 Å². The lowest BCUT2D eigenvalue weighted by molar-refractivity contribution is -0.115. The Kier molecular flexibility index (Phi) is 6.13. The third-order valence-corrected chi connectivity index (χ3v) is 2.88. The van der Waals surface area contributed by atoms with Crippen LogP contribution >= 0.6 is 0 Å². The topological polar surface area (TPSA) is 17.1 Å². The van der Waals surface area contributed by atoms with Crippen molar-refractivity contribution < 1.29 is 4.79 Å². The van der Waals surface area contributed by atoms with Gasteiger partial charge in [-0.15, -0.1) is 6.58 Å². The van der Waals surface area contributed by atoms with Crippen molar-refractivity contribution in [3.05, 3.63) is 53.6 Å². The van der Waals surface area contributed by atoms with Gasteiger partial charge in [0, 0.05) is 6.42 Å². The molecule has 0 aromatic heterocycles. The van der Waals surface area contributed by atoms with E-state index in [1.807, 2.05) is 50.3 Å². The monoisotopic (exact) mass is 242 g/mol. The highest BCUT2D eigenvalue weighted by atomic mass is 16.1. The highest BCUT2D eigenvalue weighted by molar-refractivity contribution is 5.98. The fourth-order valence-electron chi connectivity index (χ4n) is 1.79. The van der Waals surface area contributed by atoms with Crippen molar-refractivity contribution in [2.24, 2.45) is 0 Å². The summed E-state index contributed by atoms with van der Waals surface area (Å²) in [6.07, 6.45) is 5.63. The lowest BCUT2D eigenvalue weighted by Crippen LogP contribution is -1.99. The Labute approximate surface area is 110 Å². The smallest absolute Gasteiger partial charge is 0.158 e. The summed E-state index contributed by atoms with van der Waals surface area (Å²) in [6, 6.07) is 9.97. The van der Waals surface area contributed by atoms with Gasteiger partial charge in [-0.05, 0) is 50.3 Å². The lowest BCUT2D eigenvalue weighted by Gasteiger charge is -2.02. The summed E-state index contributed by atoms with van der Waals surface area (Å²) in [6.45, 7) is 7.79. The van der Waals surface area contributed by atoms with Gasteiger partial charge in [-0.3, -0.25) is 4.79 Å². The molecule has 0 saturated heterocycles. The molecular formula is C17H22O. The minimum Gasteiger partial charge on any atom is -0.295 e. The van der Waals surface area contributed by atoms with E-state index in [1.54, 1.807) is 0 Å². The Hall–Kier alpha value is -1.63. The number of Topliss-reactive ketones (excluding diaryl/α,β-unsaturated/α-hetero) is 1. The van der Waals surface area contributed by atoms with E-state index in [9.17, 15) is 4.79 Å². The molecule has 0 aliphatic carbocycles.